The Kier molecular flexibility index (Phi) is 3.69. The molecule has 0 radical (unpaired) electrons. The standard InChI is InChI=1S/C13H13ClN2O3S2/c1-8-10-3-5-20-12(10)2-4-16(8)21(18,19)9-6-11(14)13(17)15-7-9/h3,5-8H,2,4H2,1H3,(H,15,17). The molecule has 112 valence electrons. The monoisotopic (exact) mass is 344 g/mol. The van der Waals surface area contributed by atoms with Crippen molar-refractivity contribution in [2.24, 2.45) is 0 Å². The topological polar surface area (TPSA) is 70.2 Å². The smallest absolute Gasteiger partial charge is 0.266 e. The lowest BCUT2D eigenvalue weighted by molar-refractivity contribution is 0.329. The fourth-order valence-corrected chi connectivity index (χ4v) is 5.34. The summed E-state index contributed by atoms with van der Waals surface area (Å²) in [7, 11) is -3.69. The molecule has 2 aromatic heterocycles. The third kappa shape index (κ3) is 2.44. The zero-order chi connectivity index (χ0) is 15.2. The van der Waals surface area contributed by atoms with Gasteiger partial charge in [-0.25, -0.2) is 8.42 Å². The first-order valence-electron chi connectivity index (χ1n) is 6.37. The fourth-order valence-electron chi connectivity index (χ4n) is 2.54. The highest BCUT2D eigenvalue weighted by Crippen LogP contribution is 2.36. The number of halogens is 1. The van der Waals surface area contributed by atoms with E-state index in [0.717, 1.165) is 5.56 Å². The molecule has 8 heteroatoms. The second-order valence-electron chi connectivity index (χ2n) is 4.85. The number of aromatic amines is 1. The van der Waals surface area contributed by atoms with E-state index in [-0.39, 0.29) is 16.0 Å². The van der Waals surface area contributed by atoms with Crippen LogP contribution in [0.15, 0.2) is 33.4 Å². The summed E-state index contributed by atoms with van der Waals surface area (Å²) in [5.74, 6) is 0. The van der Waals surface area contributed by atoms with Crippen LogP contribution < -0.4 is 5.56 Å². The fraction of sp³-hybridized carbons (Fsp3) is 0.308. The van der Waals surface area contributed by atoms with Crippen molar-refractivity contribution in [1.82, 2.24) is 9.29 Å². The molecule has 2 aromatic rings. The van der Waals surface area contributed by atoms with Crippen LogP contribution in [0, 0.1) is 0 Å². The molecule has 0 aromatic carbocycles. The van der Waals surface area contributed by atoms with Crippen LogP contribution in [0.5, 0.6) is 0 Å². The van der Waals surface area contributed by atoms with Gasteiger partial charge in [-0.1, -0.05) is 11.6 Å². The summed E-state index contributed by atoms with van der Waals surface area (Å²) in [6, 6.07) is 2.94. The van der Waals surface area contributed by atoms with Gasteiger partial charge in [-0.3, -0.25) is 4.79 Å². The quantitative estimate of drug-likeness (QED) is 0.909. The lowest BCUT2D eigenvalue weighted by Crippen LogP contribution is -2.38. The molecule has 3 rings (SSSR count). The van der Waals surface area contributed by atoms with Crippen molar-refractivity contribution in [2.45, 2.75) is 24.3 Å². The summed E-state index contributed by atoms with van der Waals surface area (Å²) in [5.41, 5.74) is 0.549. The summed E-state index contributed by atoms with van der Waals surface area (Å²) in [5, 5.41) is 1.85. The SMILES string of the molecule is CC1c2ccsc2CCN1S(=O)(=O)c1c[nH]c(=O)c(Cl)c1. The maximum absolute atomic E-state index is 12.7. The largest absolute Gasteiger partial charge is 0.326 e. The molecule has 1 atom stereocenters. The molecule has 0 aliphatic carbocycles. The molecule has 5 nitrogen and oxygen atoms in total. The Morgan fingerprint density at radius 2 is 2.24 bits per heavy atom. The second-order valence-corrected chi connectivity index (χ2v) is 8.15. The third-order valence-electron chi connectivity index (χ3n) is 3.66. The van der Waals surface area contributed by atoms with E-state index in [1.807, 2.05) is 18.4 Å². The highest BCUT2D eigenvalue weighted by molar-refractivity contribution is 7.89. The number of nitrogens with one attached hydrogen (secondary N) is 1. The van der Waals surface area contributed by atoms with Crippen LogP contribution in [0.2, 0.25) is 5.02 Å². The Morgan fingerprint density at radius 3 is 2.95 bits per heavy atom. The average Bonchev–Trinajstić information content (AvgIpc) is 2.91. The number of fused-ring (bicyclic) bond motifs is 1. The minimum absolute atomic E-state index is 0.0117. The first kappa shape index (κ1) is 14.8. The van der Waals surface area contributed by atoms with Crippen LogP contribution in [0.1, 0.15) is 23.4 Å². The van der Waals surface area contributed by atoms with E-state index in [1.165, 1.54) is 21.4 Å². The molecule has 1 N–H and O–H groups in total. The van der Waals surface area contributed by atoms with Gasteiger partial charge in [0.2, 0.25) is 10.0 Å². The second kappa shape index (κ2) is 5.24. The van der Waals surface area contributed by atoms with Gasteiger partial charge in [0.1, 0.15) is 5.02 Å². The maximum atomic E-state index is 12.7. The van der Waals surface area contributed by atoms with E-state index in [2.05, 4.69) is 4.98 Å². The lowest BCUT2D eigenvalue weighted by Gasteiger charge is -2.32. The van der Waals surface area contributed by atoms with Crippen molar-refractivity contribution >= 4 is 33.0 Å². The molecule has 1 unspecified atom stereocenters. The summed E-state index contributed by atoms with van der Waals surface area (Å²) < 4.78 is 26.9. The molecular weight excluding hydrogens is 332 g/mol. The number of hydrogen-bond acceptors (Lipinski definition) is 4. The van der Waals surface area contributed by atoms with E-state index in [9.17, 15) is 13.2 Å². The zero-order valence-electron chi connectivity index (χ0n) is 11.2. The summed E-state index contributed by atoms with van der Waals surface area (Å²) in [4.78, 5) is 14.9. The van der Waals surface area contributed by atoms with Crippen LogP contribution in [-0.4, -0.2) is 24.3 Å². The number of nitrogens with zero attached hydrogens (tertiary/aromatic N) is 1. The predicted molar refractivity (Wildman–Crippen MR) is 82.4 cm³/mol. The van der Waals surface area contributed by atoms with E-state index in [4.69, 9.17) is 11.6 Å². The highest BCUT2D eigenvalue weighted by Gasteiger charge is 2.34. The van der Waals surface area contributed by atoms with Crippen LogP contribution in [0.4, 0.5) is 0 Å². The minimum atomic E-state index is -3.69. The number of aromatic nitrogens is 1. The van der Waals surface area contributed by atoms with E-state index >= 15 is 0 Å². The number of rotatable bonds is 2. The van der Waals surface area contributed by atoms with Gasteiger partial charge in [-0.15, -0.1) is 11.3 Å². The van der Waals surface area contributed by atoms with Crippen LogP contribution in [-0.2, 0) is 16.4 Å². The van der Waals surface area contributed by atoms with Gasteiger partial charge < -0.3 is 4.98 Å². The predicted octanol–water partition coefficient (Wildman–Crippen LogP) is 2.40. The molecule has 0 saturated heterocycles. The number of sulfonamides is 1. The summed E-state index contributed by atoms with van der Waals surface area (Å²) in [6.45, 7) is 2.29. The molecule has 21 heavy (non-hydrogen) atoms. The van der Waals surface area contributed by atoms with Crippen LogP contribution >= 0.6 is 22.9 Å². The van der Waals surface area contributed by atoms with Gasteiger partial charge in [-0.05, 0) is 36.4 Å². The van der Waals surface area contributed by atoms with Gasteiger partial charge >= 0.3 is 0 Å². The molecule has 1 aliphatic heterocycles. The number of H-pyrrole nitrogens is 1. The minimum Gasteiger partial charge on any atom is -0.326 e. The van der Waals surface area contributed by atoms with Crippen molar-refractivity contribution in [3.05, 3.63) is 49.5 Å². The Balaban J connectivity index is 2.03. The Hall–Kier alpha value is -1.15. The van der Waals surface area contributed by atoms with Crippen molar-refractivity contribution < 1.29 is 8.42 Å². The highest BCUT2D eigenvalue weighted by atomic mass is 35.5. The van der Waals surface area contributed by atoms with Crippen molar-refractivity contribution in [2.75, 3.05) is 6.54 Å². The molecule has 0 saturated carbocycles. The molecule has 0 amide bonds. The van der Waals surface area contributed by atoms with Crippen molar-refractivity contribution in [3.63, 3.8) is 0 Å². The molecule has 3 heterocycles. The zero-order valence-corrected chi connectivity index (χ0v) is 13.6. The van der Waals surface area contributed by atoms with E-state index < -0.39 is 15.6 Å². The molecule has 0 spiro atoms. The van der Waals surface area contributed by atoms with E-state index in [0.29, 0.717) is 13.0 Å². The normalized spacial score (nSPS) is 19.4. The lowest BCUT2D eigenvalue weighted by atomic mass is 10.0. The molecule has 0 bridgehead atoms. The van der Waals surface area contributed by atoms with Crippen LogP contribution in [0.3, 0.4) is 0 Å². The van der Waals surface area contributed by atoms with Crippen molar-refractivity contribution in [1.29, 1.82) is 0 Å². The molecular formula is C13H13ClN2O3S2. The Morgan fingerprint density at radius 1 is 1.48 bits per heavy atom. The number of thiophene rings is 1. The van der Waals surface area contributed by atoms with Gasteiger partial charge in [0, 0.05) is 23.7 Å². The summed E-state index contributed by atoms with van der Waals surface area (Å²) >= 11 is 7.39. The third-order valence-corrected chi connectivity index (χ3v) is 6.88. The van der Waals surface area contributed by atoms with Gasteiger partial charge in [0.05, 0.1) is 4.90 Å². The first-order chi connectivity index (χ1) is 9.91. The van der Waals surface area contributed by atoms with Gasteiger partial charge in [-0.2, -0.15) is 4.31 Å². The van der Waals surface area contributed by atoms with Gasteiger partial charge in [0.15, 0.2) is 0 Å². The molecule has 0 fully saturated rings. The van der Waals surface area contributed by atoms with Gasteiger partial charge in [0.25, 0.3) is 5.56 Å². The molecule has 1 aliphatic rings. The Labute approximate surface area is 131 Å². The van der Waals surface area contributed by atoms with E-state index in [1.54, 1.807) is 11.3 Å². The summed E-state index contributed by atoms with van der Waals surface area (Å²) in [6.07, 6.45) is 1.90. The van der Waals surface area contributed by atoms with Crippen LogP contribution in [0.25, 0.3) is 0 Å². The first-order valence-corrected chi connectivity index (χ1v) is 9.07. The number of pyridine rings is 1. The Bertz CT molecular complexity index is 841. The average molecular weight is 345 g/mol. The number of hydrogen-bond donors (Lipinski definition) is 1. The maximum Gasteiger partial charge on any atom is 0.266 e. The van der Waals surface area contributed by atoms with Crippen molar-refractivity contribution in [3.8, 4) is 0 Å².